The van der Waals surface area contributed by atoms with E-state index >= 15 is 0 Å². The van der Waals surface area contributed by atoms with Gasteiger partial charge in [-0.15, -0.1) is 0 Å². The minimum atomic E-state index is -0.324. The molecule has 5 heteroatoms. The maximum atomic E-state index is 12.9. The monoisotopic (exact) mass is 385 g/mol. The molecule has 0 aliphatic rings. The zero-order valence-electron chi connectivity index (χ0n) is 10.0. The molecule has 0 fully saturated rings. The van der Waals surface area contributed by atoms with Crippen molar-refractivity contribution in [3.63, 3.8) is 0 Å². The van der Waals surface area contributed by atoms with E-state index in [-0.39, 0.29) is 11.7 Å². The van der Waals surface area contributed by atoms with Crippen LogP contribution in [0.2, 0.25) is 0 Å². The van der Waals surface area contributed by atoms with Crippen molar-refractivity contribution < 1.29 is 9.18 Å². The molecule has 2 nitrogen and oxygen atoms in total. The lowest BCUT2D eigenvalue weighted by molar-refractivity contribution is 0.0993. The van der Waals surface area contributed by atoms with Gasteiger partial charge < -0.3 is 4.90 Å². The maximum absolute atomic E-state index is 12.9. The first-order valence-corrected chi connectivity index (χ1v) is 7.05. The molecule has 0 atom stereocenters. The number of carbonyl (C=O) groups excluding carboxylic acids is 1. The fraction of sp³-hybridized carbons (Fsp3) is 0.0714. The van der Waals surface area contributed by atoms with Crippen LogP contribution in [0.5, 0.6) is 0 Å². The minimum Gasteiger partial charge on any atom is -0.311 e. The Morgan fingerprint density at radius 1 is 1.05 bits per heavy atom. The Labute approximate surface area is 127 Å². The molecule has 0 aliphatic carbocycles. The highest BCUT2D eigenvalue weighted by Gasteiger charge is 2.14. The van der Waals surface area contributed by atoms with Crippen molar-refractivity contribution in [1.29, 1.82) is 0 Å². The summed E-state index contributed by atoms with van der Waals surface area (Å²) in [7, 11) is 1.66. The van der Waals surface area contributed by atoms with E-state index in [0.29, 0.717) is 11.3 Å². The zero-order chi connectivity index (χ0) is 14.0. The van der Waals surface area contributed by atoms with E-state index in [9.17, 15) is 9.18 Å². The Morgan fingerprint density at radius 3 is 2.11 bits per heavy atom. The van der Waals surface area contributed by atoms with Gasteiger partial charge in [-0.05, 0) is 42.5 Å². The Morgan fingerprint density at radius 2 is 1.58 bits per heavy atom. The molecule has 0 aliphatic heterocycles. The van der Waals surface area contributed by atoms with Gasteiger partial charge in [0.1, 0.15) is 5.82 Å². The zero-order valence-corrected chi connectivity index (χ0v) is 13.2. The number of halogens is 3. The third-order valence-corrected chi connectivity index (χ3v) is 3.54. The maximum Gasteiger partial charge on any atom is 0.258 e. The van der Waals surface area contributed by atoms with Gasteiger partial charge in [0.25, 0.3) is 5.91 Å². The van der Waals surface area contributed by atoms with Gasteiger partial charge in [-0.3, -0.25) is 4.79 Å². The smallest absolute Gasteiger partial charge is 0.258 e. The second kappa shape index (κ2) is 5.84. The van der Waals surface area contributed by atoms with Crippen LogP contribution in [0.3, 0.4) is 0 Å². The van der Waals surface area contributed by atoms with Gasteiger partial charge in [-0.25, -0.2) is 4.39 Å². The number of amides is 1. The average molecular weight is 387 g/mol. The molecule has 98 valence electrons. The normalized spacial score (nSPS) is 10.3. The first-order valence-electron chi connectivity index (χ1n) is 5.47. The predicted octanol–water partition coefficient (Wildman–Crippen LogP) is 4.63. The van der Waals surface area contributed by atoms with Gasteiger partial charge in [0.05, 0.1) is 0 Å². The molecule has 0 aromatic heterocycles. The third kappa shape index (κ3) is 3.42. The quantitative estimate of drug-likeness (QED) is 0.736. The molecule has 0 saturated heterocycles. The lowest BCUT2D eigenvalue weighted by atomic mass is 10.2. The summed E-state index contributed by atoms with van der Waals surface area (Å²) in [5, 5.41) is 0. The lowest BCUT2D eigenvalue weighted by Gasteiger charge is -2.17. The van der Waals surface area contributed by atoms with Crippen molar-refractivity contribution in [3.05, 3.63) is 62.8 Å². The number of nitrogens with zero attached hydrogens (tertiary/aromatic N) is 1. The van der Waals surface area contributed by atoms with Gasteiger partial charge in [0.15, 0.2) is 0 Å². The van der Waals surface area contributed by atoms with Crippen LogP contribution in [0.4, 0.5) is 10.1 Å². The molecule has 19 heavy (non-hydrogen) atoms. The van der Waals surface area contributed by atoms with E-state index in [1.54, 1.807) is 31.3 Å². The summed E-state index contributed by atoms with van der Waals surface area (Å²) >= 11 is 6.69. The van der Waals surface area contributed by atoms with Gasteiger partial charge in [-0.1, -0.05) is 31.9 Å². The van der Waals surface area contributed by atoms with Crippen LogP contribution >= 0.6 is 31.9 Å². The molecular formula is C14H10Br2FNO. The molecule has 1 amide bonds. The van der Waals surface area contributed by atoms with E-state index in [1.807, 2.05) is 6.07 Å². The number of rotatable bonds is 2. The molecular weight excluding hydrogens is 377 g/mol. The van der Waals surface area contributed by atoms with Crippen molar-refractivity contribution in [2.75, 3.05) is 11.9 Å². The van der Waals surface area contributed by atoms with Crippen LogP contribution in [0, 0.1) is 5.82 Å². The van der Waals surface area contributed by atoms with Crippen molar-refractivity contribution in [3.8, 4) is 0 Å². The van der Waals surface area contributed by atoms with Crippen LogP contribution < -0.4 is 4.90 Å². The van der Waals surface area contributed by atoms with Gasteiger partial charge in [0.2, 0.25) is 0 Å². The standard InChI is InChI=1S/C14H10Br2FNO/c1-18(13-4-2-12(17)3-5-13)14(19)9-6-10(15)8-11(16)7-9/h2-8H,1H3. The topological polar surface area (TPSA) is 20.3 Å². The molecule has 2 aromatic carbocycles. The number of hydrogen-bond donors (Lipinski definition) is 0. The molecule has 0 spiro atoms. The van der Waals surface area contributed by atoms with E-state index in [1.165, 1.54) is 17.0 Å². The highest BCUT2D eigenvalue weighted by molar-refractivity contribution is 9.11. The number of carbonyl (C=O) groups is 1. The second-order valence-corrected chi connectivity index (χ2v) is 5.83. The van der Waals surface area contributed by atoms with Crippen LogP contribution in [0.15, 0.2) is 51.4 Å². The van der Waals surface area contributed by atoms with Crippen LogP contribution in [-0.4, -0.2) is 13.0 Å². The van der Waals surface area contributed by atoms with Crippen molar-refractivity contribution in [2.45, 2.75) is 0 Å². The van der Waals surface area contributed by atoms with Crippen LogP contribution in [-0.2, 0) is 0 Å². The summed E-state index contributed by atoms with van der Waals surface area (Å²) in [5.74, 6) is -0.483. The fourth-order valence-electron chi connectivity index (χ4n) is 1.65. The SMILES string of the molecule is CN(C(=O)c1cc(Br)cc(Br)c1)c1ccc(F)cc1. The number of benzene rings is 2. The molecule has 2 rings (SSSR count). The number of hydrogen-bond acceptors (Lipinski definition) is 1. The summed E-state index contributed by atoms with van der Waals surface area (Å²) < 4.78 is 14.5. The van der Waals surface area contributed by atoms with Crippen LogP contribution in [0.1, 0.15) is 10.4 Å². The molecule has 0 unspecified atom stereocenters. The summed E-state index contributed by atoms with van der Waals surface area (Å²) in [6.45, 7) is 0. The summed E-state index contributed by atoms with van der Waals surface area (Å²) in [5.41, 5.74) is 1.19. The average Bonchev–Trinajstić information content (AvgIpc) is 2.37. The van der Waals surface area contributed by atoms with E-state index in [2.05, 4.69) is 31.9 Å². The van der Waals surface area contributed by atoms with Crippen molar-refractivity contribution in [2.24, 2.45) is 0 Å². The highest BCUT2D eigenvalue weighted by Crippen LogP contribution is 2.22. The first-order chi connectivity index (χ1) is 8.97. The van der Waals surface area contributed by atoms with E-state index < -0.39 is 0 Å². The fourth-order valence-corrected chi connectivity index (χ4v) is 2.95. The summed E-state index contributed by atoms with van der Waals surface area (Å²) in [6.07, 6.45) is 0. The summed E-state index contributed by atoms with van der Waals surface area (Å²) in [4.78, 5) is 13.8. The van der Waals surface area contributed by atoms with Gasteiger partial charge >= 0.3 is 0 Å². The molecule has 2 aromatic rings. The summed E-state index contributed by atoms with van der Waals surface area (Å²) in [6, 6.07) is 11.1. The van der Waals surface area contributed by atoms with E-state index in [4.69, 9.17) is 0 Å². The predicted molar refractivity (Wildman–Crippen MR) is 81.0 cm³/mol. The largest absolute Gasteiger partial charge is 0.311 e. The highest BCUT2D eigenvalue weighted by atomic mass is 79.9. The first kappa shape index (κ1) is 14.2. The molecule has 0 heterocycles. The lowest BCUT2D eigenvalue weighted by Crippen LogP contribution is -2.26. The van der Waals surface area contributed by atoms with Crippen LogP contribution in [0.25, 0.3) is 0 Å². The Kier molecular flexibility index (Phi) is 4.37. The van der Waals surface area contributed by atoms with E-state index in [0.717, 1.165) is 8.95 Å². The Hall–Kier alpha value is -1.20. The second-order valence-electron chi connectivity index (χ2n) is 4.00. The molecule has 0 bridgehead atoms. The molecule has 0 N–H and O–H groups in total. The molecule has 0 saturated carbocycles. The van der Waals surface area contributed by atoms with Gasteiger partial charge in [0, 0.05) is 27.2 Å². The van der Waals surface area contributed by atoms with Crippen molar-refractivity contribution >= 4 is 43.5 Å². The Bertz CT molecular complexity index is 593. The third-order valence-electron chi connectivity index (χ3n) is 2.63. The number of anilines is 1. The Balaban J connectivity index is 2.30. The van der Waals surface area contributed by atoms with Crippen molar-refractivity contribution in [1.82, 2.24) is 0 Å². The molecule has 0 radical (unpaired) electrons. The van der Waals surface area contributed by atoms with Gasteiger partial charge in [-0.2, -0.15) is 0 Å². The minimum absolute atomic E-state index is 0.159.